The fourth-order valence-corrected chi connectivity index (χ4v) is 1.86. The Labute approximate surface area is 154 Å². The second-order valence-electron chi connectivity index (χ2n) is 6.27. The van der Waals surface area contributed by atoms with Crippen LogP contribution in [-0.4, -0.2) is 44.1 Å². The zero-order valence-corrected chi connectivity index (χ0v) is 15.7. The van der Waals surface area contributed by atoms with Gasteiger partial charge in [-0.2, -0.15) is 0 Å². The number of nitrogens with one attached hydrogen (secondary N) is 2. The molecule has 2 amide bonds. The molecule has 0 bridgehead atoms. The minimum Gasteiger partial charge on any atom is -0.494 e. The van der Waals surface area contributed by atoms with Crippen molar-refractivity contribution in [2.45, 2.75) is 33.6 Å². The molecule has 0 aliphatic heterocycles. The van der Waals surface area contributed by atoms with Gasteiger partial charge in [0, 0.05) is 12.1 Å². The number of esters is 1. The molecule has 0 heterocycles. The van der Waals surface area contributed by atoms with Gasteiger partial charge in [0.05, 0.1) is 6.61 Å². The number of hydrogen-bond acceptors (Lipinski definition) is 5. The van der Waals surface area contributed by atoms with E-state index in [1.807, 2.05) is 13.8 Å². The summed E-state index contributed by atoms with van der Waals surface area (Å²) in [5.41, 5.74) is 0.412. The molecule has 0 saturated carbocycles. The van der Waals surface area contributed by atoms with E-state index in [0.29, 0.717) is 30.4 Å². The number of rotatable bonds is 11. The lowest BCUT2D eigenvalue weighted by Gasteiger charge is -2.09. The largest absolute Gasteiger partial charge is 0.494 e. The summed E-state index contributed by atoms with van der Waals surface area (Å²) >= 11 is 0. The third-order valence-electron chi connectivity index (χ3n) is 3.35. The van der Waals surface area contributed by atoms with Gasteiger partial charge in [-0.25, -0.2) is 0 Å². The standard InChI is InChI=1S/C19H28N2O5/c1-4-5-10-25-16-8-6-15(7-9-16)19(24)21-12-18(23)26-13-17(22)20-11-14(2)3/h6-9,14H,4-5,10-13H2,1-3H3,(H,20,22)(H,21,24). The third-order valence-corrected chi connectivity index (χ3v) is 3.35. The number of ether oxygens (including phenoxy) is 2. The Kier molecular flexibility index (Phi) is 9.82. The number of benzene rings is 1. The summed E-state index contributed by atoms with van der Waals surface area (Å²) in [6.07, 6.45) is 2.02. The van der Waals surface area contributed by atoms with Crippen LogP contribution in [0.3, 0.4) is 0 Å². The van der Waals surface area contributed by atoms with Crippen LogP contribution >= 0.6 is 0 Å². The maximum Gasteiger partial charge on any atom is 0.325 e. The maximum absolute atomic E-state index is 12.0. The predicted octanol–water partition coefficient (Wildman–Crippen LogP) is 1.91. The van der Waals surface area contributed by atoms with Crippen LogP contribution in [0.15, 0.2) is 24.3 Å². The minimum atomic E-state index is -0.669. The summed E-state index contributed by atoms with van der Waals surface area (Å²) < 4.78 is 10.3. The van der Waals surface area contributed by atoms with E-state index < -0.39 is 11.9 Å². The molecule has 0 aliphatic carbocycles. The van der Waals surface area contributed by atoms with Gasteiger partial charge < -0.3 is 20.1 Å². The van der Waals surface area contributed by atoms with Crippen LogP contribution in [0.2, 0.25) is 0 Å². The van der Waals surface area contributed by atoms with Gasteiger partial charge in [-0.1, -0.05) is 27.2 Å². The fourth-order valence-electron chi connectivity index (χ4n) is 1.86. The molecule has 0 radical (unpaired) electrons. The Balaban J connectivity index is 2.30. The molecule has 0 aliphatic rings. The smallest absolute Gasteiger partial charge is 0.325 e. The van der Waals surface area contributed by atoms with Crippen molar-refractivity contribution in [3.05, 3.63) is 29.8 Å². The topological polar surface area (TPSA) is 93.7 Å². The van der Waals surface area contributed by atoms with E-state index in [2.05, 4.69) is 17.6 Å². The number of carbonyl (C=O) groups excluding carboxylic acids is 3. The Bertz CT molecular complexity index is 584. The summed E-state index contributed by atoms with van der Waals surface area (Å²) in [5.74, 6) is -0.417. The van der Waals surface area contributed by atoms with E-state index in [1.165, 1.54) is 0 Å². The van der Waals surface area contributed by atoms with Crippen LogP contribution in [-0.2, 0) is 14.3 Å². The molecular formula is C19H28N2O5. The number of unbranched alkanes of at least 4 members (excludes halogenated alkanes) is 1. The number of hydrogen-bond donors (Lipinski definition) is 2. The molecule has 0 fully saturated rings. The average Bonchev–Trinajstić information content (AvgIpc) is 2.63. The second kappa shape index (κ2) is 11.9. The van der Waals surface area contributed by atoms with Crippen molar-refractivity contribution >= 4 is 17.8 Å². The molecule has 1 aromatic carbocycles. The van der Waals surface area contributed by atoms with E-state index in [0.717, 1.165) is 12.8 Å². The Morgan fingerprint density at radius 2 is 1.77 bits per heavy atom. The lowest BCUT2D eigenvalue weighted by molar-refractivity contribution is -0.147. The van der Waals surface area contributed by atoms with Crippen LogP contribution in [0.5, 0.6) is 5.75 Å². The number of carbonyl (C=O) groups is 3. The molecule has 0 aromatic heterocycles. The van der Waals surface area contributed by atoms with E-state index >= 15 is 0 Å². The van der Waals surface area contributed by atoms with Gasteiger partial charge in [-0.15, -0.1) is 0 Å². The van der Waals surface area contributed by atoms with Crippen molar-refractivity contribution in [2.24, 2.45) is 5.92 Å². The predicted molar refractivity (Wildman–Crippen MR) is 98.0 cm³/mol. The zero-order valence-electron chi connectivity index (χ0n) is 15.7. The van der Waals surface area contributed by atoms with Gasteiger partial charge in [0.2, 0.25) is 0 Å². The SMILES string of the molecule is CCCCOc1ccc(C(=O)NCC(=O)OCC(=O)NCC(C)C)cc1. The molecule has 0 saturated heterocycles. The van der Waals surface area contributed by atoms with Crippen LogP contribution < -0.4 is 15.4 Å². The molecule has 1 rings (SSSR count). The summed E-state index contributed by atoms with van der Waals surface area (Å²) in [7, 11) is 0. The normalized spacial score (nSPS) is 10.3. The van der Waals surface area contributed by atoms with Crippen molar-refractivity contribution in [1.29, 1.82) is 0 Å². The molecule has 0 atom stereocenters. The van der Waals surface area contributed by atoms with E-state index in [4.69, 9.17) is 9.47 Å². The van der Waals surface area contributed by atoms with Crippen LogP contribution in [0.25, 0.3) is 0 Å². The monoisotopic (exact) mass is 364 g/mol. The van der Waals surface area contributed by atoms with E-state index in [9.17, 15) is 14.4 Å². The van der Waals surface area contributed by atoms with Crippen LogP contribution in [0.1, 0.15) is 44.0 Å². The van der Waals surface area contributed by atoms with Crippen molar-refractivity contribution in [1.82, 2.24) is 10.6 Å². The van der Waals surface area contributed by atoms with Gasteiger partial charge in [-0.3, -0.25) is 14.4 Å². The average molecular weight is 364 g/mol. The highest BCUT2D eigenvalue weighted by Gasteiger charge is 2.11. The van der Waals surface area contributed by atoms with Crippen molar-refractivity contribution in [3.63, 3.8) is 0 Å². The molecule has 0 spiro atoms. The molecule has 1 aromatic rings. The van der Waals surface area contributed by atoms with Crippen molar-refractivity contribution in [3.8, 4) is 5.75 Å². The molecular weight excluding hydrogens is 336 g/mol. The maximum atomic E-state index is 12.0. The Morgan fingerprint density at radius 3 is 2.38 bits per heavy atom. The van der Waals surface area contributed by atoms with Gasteiger partial charge in [0.1, 0.15) is 12.3 Å². The number of amides is 2. The molecule has 7 nitrogen and oxygen atoms in total. The molecule has 144 valence electrons. The third kappa shape index (κ3) is 9.05. The van der Waals surface area contributed by atoms with Crippen LogP contribution in [0.4, 0.5) is 0 Å². The molecule has 2 N–H and O–H groups in total. The van der Waals surface area contributed by atoms with Gasteiger partial charge in [0.15, 0.2) is 6.61 Å². The highest BCUT2D eigenvalue weighted by atomic mass is 16.5. The van der Waals surface area contributed by atoms with Crippen molar-refractivity contribution < 1.29 is 23.9 Å². The summed E-state index contributed by atoms with van der Waals surface area (Å²) in [4.78, 5) is 35.0. The first-order valence-electron chi connectivity index (χ1n) is 8.85. The second-order valence-corrected chi connectivity index (χ2v) is 6.27. The first kappa shape index (κ1) is 21.5. The molecule has 0 unspecified atom stereocenters. The molecule has 7 heteroatoms. The van der Waals surface area contributed by atoms with E-state index in [-0.39, 0.29) is 19.1 Å². The van der Waals surface area contributed by atoms with Crippen molar-refractivity contribution in [2.75, 3.05) is 26.3 Å². The summed E-state index contributed by atoms with van der Waals surface area (Å²) in [6.45, 7) is 6.51. The first-order valence-corrected chi connectivity index (χ1v) is 8.85. The quantitative estimate of drug-likeness (QED) is 0.462. The first-order chi connectivity index (χ1) is 12.4. The van der Waals surface area contributed by atoms with Gasteiger partial charge >= 0.3 is 5.97 Å². The highest BCUT2D eigenvalue weighted by molar-refractivity contribution is 5.96. The zero-order chi connectivity index (χ0) is 19.4. The lowest BCUT2D eigenvalue weighted by Crippen LogP contribution is -2.35. The van der Waals surface area contributed by atoms with Gasteiger partial charge in [-0.05, 0) is 36.6 Å². The molecule has 26 heavy (non-hydrogen) atoms. The fraction of sp³-hybridized carbons (Fsp3) is 0.526. The lowest BCUT2D eigenvalue weighted by atomic mass is 10.2. The van der Waals surface area contributed by atoms with E-state index in [1.54, 1.807) is 24.3 Å². The minimum absolute atomic E-state index is 0.301. The Hall–Kier alpha value is -2.57. The van der Waals surface area contributed by atoms with Gasteiger partial charge in [0.25, 0.3) is 11.8 Å². The summed E-state index contributed by atoms with van der Waals surface area (Å²) in [6, 6.07) is 6.67. The highest BCUT2D eigenvalue weighted by Crippen LogP contribution is 2.12. The Morgan fingerprint density at radius 1 is 1.08 bits per heavy atom. The van der Waals surface area contributed by atoms with Crippen LogP contribution in [0, 0.1) is 5.92 Å². The summed E-state index contributed by atoms with van der Waals surface area (Å²) in [5, 5.41) is 5.09.